The first-order chi connectivity index (χ1) is 11.2. The number of piperazine rings is 1. The fourth-order valence-electron chi connectivity index (χ4n) is 2.81. The van der Waals surface area contributed by atoms with Crippen LogP contribution in [0.25, 0.3) is 0 Å². The minimum absolute atomic E-state index is 0.250. The summed E-state index contributed by atoms with van der Waals surface area (Å²) in [5.74, 6) is 0. The summed E-state index contributed by atoms with van der Waals surface area (Å²) in [5.41, 5.74) is 3.47. The molecule has 124 valence electrons. The quantitative estimate of drug-likeness (QED) is 0.850. The van der Waals surface area contributed by atoms with E-state index in [-0.39, 0.29) is 6.61 Å². The second-order valence-corrected chi connectivity index (χ2v) is 6.78. The van der Waals surface area contributed by atoms with Gasteiger partial charge in [-0.3, -0.25) is 9.80 Å². The number of nitrogens with zero attached hydrogens (tertiary/aromatic N) is 3. The molecule has 0 saturated carbocycles. The summed E-state index contributed by atoms with van der Waals surface area (Å²) >= 11 is 1.66. The van der Waals surface area contributed by atoms with Crippen molar-refractivity contribution in [1.29, 1.82) is 0 Å². The highest BCUT2D eigenvalue weighted by Crippen LogP contribution is 2.24. The minimum Gasteiger partial charge on any atom is -0.395 e. The third-order valence-corrected chi connectivity index (χ3v) is 5.01. The summed E-state index contributed by atoms with van der Waals surface area (Å²) in [6.07, 6.45) is 0. The number of thiazole rings is 1. The molecule has 1 aliphatic heterocycles. The first-order valence-corrected chi connectivity index (χ1v) is 8.95. The lowest BCUT2D eigenvalue weighted by molar-refractivity contribution is 0.108. The SMILES string of the molecule is Cc1ccccc1Nc1nc(CN2CCN(CCO)CC2)cs1. The van der Waals surface area contributed by atoms with Crippen LogP contribution in [0.4, 0.5) is 10.8 Å². The molecule has 1 aliphatic rings. The van der Waals surface area contributed by atoms with Gasteiger partial charge >= 0.3 is 0 Å². The van der Waals surface area contributed by atoms with Crippen LogP contribution in [0.2, 0.25) is 0 Å². The normalized spacial score (nSPS) is 16.6. The number of aryl methyl sites for hydroxylation is 1. The zero-order chi connectivity index (χ0) is 16.1. The lowest BCUT2D eigenvalue weighted by Gasteiger charge is -2.33. The van der Waals surface area contributed by atoms with Gasteiger partial charge in [-0.15, -0.1) is 11.3 Å². The lowest BCUT2D eigenvalue weighted by Crippen LogP contribution is -2.46. The third-order valence-electron chi connectivity index (χ3n) is 4.21. The molecular weight excluding hydrogens is 308 g/mol. The van der Waals surface area contributed by atoms with Crippen LogP contribution in [0, 0.1) is 6.92 Å². The molecule has 23 heavy (non-hydrogen) atoms. The first kappa shape index (κ1) is 16.4. The summed E-state index contributed by atoms with van der Waals surface area (Å²) in [7, 11) is 0. The number of rotatable bonds is 6. The van der Waals surface area contributed by atoms with Crippen molar-refractivity contribution in [1.82, 2.24) is 14.8 Å². The van der Waals surface area contributed by atoms with Crippen molar-refractivity contribution >= 4 is 22.2 Å². The van der Waals surface area contributed by atoms with Gasteiger partial charge in [0.2, 0.25) is 0 Å². The Balaban J connectivity index is 1.53. The molecule has 2 aromatic rings. The predicted molar refractivity (Wildman–Crippen MR) is 95.4 cm³/mol. The highest BCUT2D eigenvalue weighted by atomic mass is 32.1. The van der Waals surface area contributed by atoms with E-state index in [2.05, 4.69) is 39.6 Å². The Hall–Kier alpha value is -1.47. The van der Waals surface area contributed by atoms with Gasteiger partial charge in [-0.1, -0.05) is 18.2 Å². The van der Waals surface area contributed by atoms with Crippen LogP contribution >= 0.6 is 11.3 Å². The predicted octanol–water partition coefficient (Wildman–Crippen LogP) is 2.31. The average Bonchev–Trinajstić information content (AvgIpc) is 2.99. The molecule has 3 rings (SSSR count). The number of β-amino-alcohol motifs (C(OH)–C–C–N with tert-alkyl or cyclic N) is 1. The van der Waals surface area contributed by atoms with Crippen LogP contribution in [0.1, 0.15) is 11.3 Å². The van der Waals surface area contributed by atoms with Gasteiger partial charge in [0.05, 0.1) is 12.3 Å². The Labute approximate surface area is 141 Å². The Morgan fingerprint density at radius 1 is 1.17 bits per heavy atom. The van der Waals surface area contributed by atoms with E-state index in [0.29, 0.717) is 0 Å². The van der Waals surface area contributed by atoms with E-state index in [0.717, 1.165) is 55.8 Å². The second kappa shape index (κ2) is 7.88. The number of nitrogens with one attached hydrogen (secondary N) is 1. The second-order valence-electron chi connectivity index (χ2n) is 5.93. The molecule has 0 unspecified atom stereocenters. The van der Waals surface area contributed by atoms with Gasteiger partial charge in [-0.25, -0.2) is 4.98 Å². The number of aliphatic hydroxyl groups excluding tert-OH is 1. The standard InChI is InChI=1S/C17H24N4OS/c1-14-4-2-3-5-16(14)19-17-18-15(13-23-17)12-21-8-6-20(7-9-21)10-11-22/h2-5,13,22H,6-12H2,1H3,(H,18,19). The van der Waals surface area contributed by atoms with Gasteiger partial charge in [-0.05, 0) is 18.6 Å². The van der Waals surface area contributed by atoms with E-state index in [9.17, 15) is 0 Å². The summed E-state index contributed by atoms with van der Waals surface area (Å²) < 4.78 is 0. The molecule has 1 aromatic carbocycles. The van der Waals surface area contributed by atoms with Gasteiger partial charge in [0.25, 0.3) is 0 Å². The third kappa shape index (κ3) is 4.51. The molecule has 0 aliphatic carbocycles. The number of hydrogen-bond donors (Lipinski definition) is 2. The molecule has 0 spiro atoms. The lowest BCUT2D eigenvalue weighted by atomic mass is 10.2. The zero-order valence-corrected chi connectivity index (χ0v) is 14.4. The fraction of sp³-hybridized carbons (Fsp3) is 0.471. The van der Waals surface area contributed by atoms with Crippen LogP contribution in [0.15, 0.2) is 29.6 Å². The van der Waals surface area contributed by atoms with E-state index < -0.39 is 0 Å². The number of anilines is 2. The largest absolute Gasteiger partial charge is 0.395 e. The highest BCUT2D eigenvalue weighted by Gasteiger charge is 2.17. The topological polar surface area (TPSA) is 51.6 Å². The van der Waals surface area contributed by atoms with Crippen molar-refractivity contribution in [2.45, 2.75) is 13.5 Å². The van der Waals surface area contributed by atoms with E-state index in [4.69, 9.17) is 10.1 Å². The molecule has 2 N–H and O–H groups in total. The molecule has 1 fully saturated rings. The Bertz CT molecular complexity index is 623. The van der Waals surface area contributed by atoms with Gasteiger partial charge in [-0.2, -0.15) is 0 Å². The summed E-state index contributed by atoms with van der Waals surface area (Å²) in [6, 6.07) is 8.26. The van der Waals surface area contributed by atoms with Crippen LogP contribution in [0.5, 0.6) is 0 Å². The number of para-hydroxylation sites is 1. The van der Waals surface area contributed by atoms with Crippen molar-refractivity contribution in [2.75, 3.05) is 44.6 Å². The summed E-state index contributed by atoms with van der Waals surface area (Å²) in [6.45, 7) is 8.17. The zero-order valence-electron chi connectivity index (χ0n) is 13.5. The van der Waals surface area contributed by atoms with Crippen LogP contribution in [0.3, 0.4) is 0 Å². The molecule has 5 nitrogen and oxygen atoms in total. The van der Waals surface area contributed by atoms with Crippen molar-refractivity contribution < 1.29 is 5.11 Å². The van der Waals surface area contributed by atoms with Gasteiger partial charge in [0, 0.05) is 50.3 Å². The van der Waals surface area contributed by atoms with Crippen LogP contribution < -0.4 is 5.32 Å². The van der Waals surface area contributed by atoms with Gasteiger partial charge < -0.3 is 10.4 Å². The van der Waals surface area contributed by atoms with Crippen molar-refractivity contribution in [3.05, 3.63) is 40.9 Å². The minimum atomic E-state index is 0.250. The Morgan fingerprint density at radius 2 is 1.91 bits per heavy atom. The molecule has 6 heteroatoms. The maximum Gasteiger partial charge on any atom is 0.187 e. The molecule has 1 saturated heterocycles. The van der Waals surface area contributed by atoms with E-state index in [1.165, 1.54) is 5.56 Å². The van der Waals surface area contributed by atoms with Gasteiger partial charge in [0.1, 0.15) is 0 Å². The van der Waals surface area contributed by atoms with Crippen molar-refractivity contribution in [3.8, 4) is 0 Å². The highest BCUT2D eigenvalue weighted by molar-refractivity contribution is 7.13. The molecule has 0 radical (unpaired) electrons. The Kier molecular flexibility index (Phi) is 5.61. The summed E-state index contributed by atoms with van der Waals surface area (Å²) in [5, 5.41) is 15.5. The van der Waals surface area contributed by atoms with Gasteiger partial charge in [0.15, 0.2) is 5.13 Å². The summed E-state index contributed by atoms with van der Waals surface area (Å²) in [4.78, 5) is 9.45. The van der Waals surface area contributed by atoms with E-state index >= 15 is 0 Å². The molecule has 2 heterocycles. The smallest absolute Gasteiger partial charge is 0.187 e. The molecule has 0 atom stereocenters. The maximum atomic E-state index is 8.99. The fourth-order valence-corrected chi connectivity index (χ4v) is 3.52. The van der Waals surface area contributed by atoms with Crippen LogP contribution in [-0.4, -0.2) is 59.2 Å². The monoisotopic (exact) mass is 332 g/mol. The molecule has 0 bridgehead atoms. The maximum absolute atomic E-state index is 8.99. The van der Waals surface area contributed by atoms with Crippen molar-refractivity contribution in [3.63, 3.8) is 0 Å². The molecular formula is C17H24N4OS. The number of aromatic nitrogens is 1. The van der Waals surface area contributed by atoms with Crippen molar-refractivity contribution in [2.24, 2.45) is 0 Å². The number of aliphatic hydroxyl groups is 1. The van der Waals surface area contributed by atoms with E-state index in [1.807, 2.05) is 12.1 Å². The average molecular weight is 332 g/mol. The van der Waals surface area contributed by atoms with E-state index in [1.54, 1.807) is 11.3 Å². The first-order valence-electron chi connectivity index (χ1n) is 8.07. The number of hydrogen-bond acceptors (Lipinski definition) is 6. The molecule has 1 aromatic heterocycles. The number of benzene rings is 1. The van der Waals surface area contributed by atoms with Crippen LogP contribution in [-0.2, 0) is 6.54 Å². The molecule has 0 amide bonds. The Morgan fingerprint density at radius 3 is 2.65 bits per heavy atom.